The van der Waals surface area contributed by atoms with Crippen molar-refractivity contribution >= 4 is 16.9 Å². The van der Waals surface area contributed by atoms with Crippen LogP contribution in [0.1, 0.15) is 31.4 Å². The molecule has 102 valence electrons. The SMILES string of the molecule is CC1(NC2=NC(c3ccccc3)CS2)CCOCC1. The number of nitrogens with zero attached hydrogens (tertiary/aromatic N) is 1. The molecule has 0 spiro atoms. The molecule has 0 bridgehead atoms. The number of nitrogens with one attached hydrogen (secondary N) is 1. The van der Waals surface area contributed by atoms with Gasteiger partial charge >= 0.3 is 0 Å². The highest BCUT2D eigenvalue weighted by Crippen LogP contribution is 2.31. The molecule has 0 aromatic heterocycles. The summed E-state index contributed by atoms with van der Waals surface area (Å²) in [4.78, 5) is 4.83. The summed E-state index contributed by atoms with van der Waals surface area (Å²) >= 11 is 1.84. The highest BCUT2D eigenvalue weighted by molar-refractivity contribution is 8.14. The summed E-state index contributed by atoms with van der Waals surface area (Å²) in [5.74, 6) is 1.04. The Kier molecular flexibility index (Phi) is 3.80. The first-order valence-electron chi connectivity index (χ1n) is 6.87. The minimum atomic E-state index is 0.148. The number of hydrogen-bond donors (Lipinski definition) is 1. The van der Waals surface area contributed by atoms with E-state index in [0.29, 0.717) is 6.04 Å². The van der Waals surface area contributed by atoms with Crippen LogP contribution in [0.5, 0.6) is 0 Å². The van der Waals surface area contributed by atoms with E-state index in [4.69, 9.17) is 9.73 Å². The van der Waals surface area contributed by atoms with Gasteiger partial charge in [-0.1, -0.05) is 42.1 Å². The maximum atomic E-state index is 5.43. The van der Waals surface area contributed by atoms with Gasteiger partial charge in [0.05, 0.1) is 6.04 Å². The second-order valence-electron chi connectivity index (χ2n) is 5.47. The predicted octanol–water partition coefficient (Wildman–Crippen LogP) is 2.99. The Morgan fingerprint density at radius 1 is 1.26 bits per heavy atom. The fourth-order valence-corrected chi connectivity index (χ4v) is 3.60. The monoisotopic (exact) mass is 276 g/mol. The van der Waals surface area contributed by atoms with E-state index in [2.05, 4.69) is 42.6 Å². The standard InChI is InChI=1S/C15H20N2OS/c1-15(7-9-18-10-8-15)17-14-16-13(11-19-14)12-5-3-2-4-6-12/h2-6,13H,7-11H2,1H3,(H,16,17). The number of hydrogen-bond acceptors (Lipinski definition) is 4. The third-order valence-corrected chi connectivity index (χ3v) is 4.80. The third kappa shape index (κ3) is 3.12. The molecule has 0 radical (unpaired) electrons. The summed E-state index contributed by atoms with van der Waals surface area (Å²) < 4.78 is 5.43. The number of thioether (sulfide) groups is 1. The minimum Gasteiger partial charge on any atom is -0.381 e. The summed E-state index contributed by atoms with van der Waals surface area (Å²) in [5.41, 5.74) is 1.46. The van der Waals surface area contributed by atoms with E-state index >= 15 is 0 Å². The van der Waals surface area contributed by atoms with Crippen LogP contribution in [0.15, 0.2) is 35.3 Å². The van der Waals surface area contributed by atoms with Gasteiger partial charge in [0.15, 0.2) is 5.17 Å². The fraction of sp³-hybridized carbons (Fsp3) is 0.533. The fourth-order valence-electron chi connectivity index (χ4n) is 2.49. The highest BCUT2D eigenvalue weighted by atomic mass is 32.2. The molecule has 0 aliphatic carbocycles. The second-order valence-corrected chi connectivity index (χ2v) is 6.48. The molecule has 2 aliphatic heterocycles. The Hall–Kier alpha value is -1.00. The third-order valence-electron chi connectivity index (χ3n) is 3.84. The molecule has 4 heteroatoms. The lowest BCUT2D eigenvalue weighted by atomic mass is 9.93. The van der Waals surface area contributed by atoms with Crippen molar-refractivity contribution in [1.82, 2.24) is 5.32 Å². The van der Waals surface area contributed by atoms with E-state index < -0.39 is 0 Å². The van der Waals surface area contributed by atoms with Crippen molar-refractivity contribution in [3.63, 3.8) is 0 Å². The molecule has 1 aromatic rings. The summed E-state index contributed by atoms with van der Waals surface area (Å²) in [6.07, 6.45) is 2.12. The number of rotatable bonds is 2. The average Bonchev–Trinajstić information content (AvgIpc) is 2.88. The molecular weight excluding hydrogens is 256 g/mol. The van der Waals surface area contributed by atoms with Gasteiger partial charge in [-0.2, -0.15) is 0 Å². The summed E-state index contributed by atoms with van der Waals surface area (Å²) in [7, 11) is 0. The van der Waals surface area contributed by atoms with Crippen molar-refractivity contribution in [2.45, 2.75) is 31.3 Å². The van der Waals surface area contributed by atoms with Crippen LogP contribution >= 0.6 is 11.8 Å². The van der Waals surface area contributed by atoms with E-state index in [-0.39, 0.29) is 5.54 Å². The van der Waals surface area contributed by atoms with Gasteiger partial charge in [0.1, 0.15) is 0 Å². The van der Waals surface area contributed by atoms with E-state index in [1.54, 1.807) is 0 Å². The number of aliphatic imine (C=N–C) groups is 1. The number of amidine groups is 1. The Labute approximate surface area is 118 Å². The number of benzene rings is 1. The van der Waals surface area contributed by atoms with Gasteiger partial charge in [-0.3, -0.25) is 4.99 Å². The Morgan fingerprint density at radius 2 is 2.00 bits per heavy atom. The molecule has 0 amide bonds. The normalized spacial score (nSPS) is 25.9. The van der Waals surface area contributed by atoms with Crippen molar-refractivity contribution in [1.29, 1.82) is 0 Å². The molecule has 19 heavy (non-hydrogen) atoms. The topological polar surface area (TPSA) is 33.6 Å². The summed E-state index contributed by atoms with van der Waals surface area (Å²) in [6.45, 7) is 3.97. The van der Waals surface area contributed by atoms with Crippen LogP contribution in [0.3, 0.4) is 0 Å². The molecule has 3 nitrogen and oxygen atoms in total. The molecule has 2 heterocycles. The van der Waals surface area contributed by atoms with Crippen molar-refractivity contribution in [3.05, 3.63) is 35.9 Å². The van der Waals surface area contributed by atoms with Crippen LogP contribution in [0, 0.1) is 0 Å². The predicted molar refractivity (Wildman–Crippen MR) is 80.7 cm³/mol. The van der Waals surface area contributed by atoms with Crippen molar-refractivity contribution in [2.24, 2.45) is 4.99 Å². The molecule has 1 fully saturated rings. The average molecular weight is 276 g/mol. The van der Waals surface area contributed by atoms with Crippen molar-refractivity contribution in [3.8, 4) is 0 Å². The van der Waals surface area contributed by atoms with Gasteiger partial charge in [0.2, 0.25) is 0 Å². The van der Waals surface area contributed by atoms with E-state index in [1.807, 2.05) is 11.8 Å². The summed E-state index contributed by atoms with van der Waals surface area (Å²) in [5, 5.41) is 4.72. The molecule has 2 aliphatic rings. The zero-order valence-electron chi connectivity index (χ0n) is 11.3. The van der Waals surface area contributed by atoms with Crippen LogP contribution in [-0.2, 0) is 4.74 Å². The molecule has 1 unspecified atom stereocenters. The molecule has 1 atom stereocenters. The zero-order valence-corrected chi connectivity index (χ0v) is 12.1. The van der Waals surface area contributed by atoms with Crippen LogP contribution in [-0.4, -0.2) is 29.7 Å². The van der Waals surface area contributed by atoms with Gasteiger partial charge < -0.3 is 10.1 Å². The smallest absolute Gasteiger partial charge is 0.157 e. The molecule has 1 aromatic carbocycles. The molecule has 1 saturated heterocycles. The summed E-state index contributed by atoms with van der Waals surface area (Å²) in [6, 6.07) is 10.8. The van der Waals surface area contributed by atoms with E-state index in [1.165, 1.54) is 5.56 Å². The van der Waals surface area contributed by atoms with Crippen molar-refractivity contribution < 1.29 is 4.74 Å². The van der Waals surface area contributed by atoms with Crippen LogP contribution in [0.25, 0.3) is 0 Å². The first-order valence-corrected chi connectivity index (χ1v) is 7.85. The van der Waals surface area contributed by atoms with Crippen LogP contribution in [0.2, 0.25) is 0 Å². The first kappa shape index (κ1) is 13.0. The van der Waals surface area contributed by atoms with Gasteiger partial charge in [0.25, 0.3) is 0 Å². The van der Waals surface area contributed by atoms with Gasteiger partial charge in [0, 0.05) is 24.5 Å². The Balaban J connectivity index is 1.66. The minimum absolute atomic E-state index is 0.148. The van der Waals surface area contributed by atoms with Gasteiger partial charge in [-0.15, -0.1) is 0 Å². The first-order chi connectivity index (χ1) is 9.25. The van der Waals surface area contributed by atoms with Crippen LogP contribution < -0.4 is 5.32 Å². The lowest BCUT2D eigenvalue weighted by Crippen LogP contribution is -2.48. The van der Waals surface area contributed by atoms with E-state index in [0.717, 1.165) is 37.0 Å². The highest BCUT2D eigenvalue weighted by Gasteiger charge is 2.30. The maximum Gasteiger partial charge on any atom is 0.157 e. The molecule has 3 rings (SSSR count). The number of ether oxygens (including phenoxy) is 1. The van der Waals surface area contributed by atoms with Gasteiger partial charge in [-0.25, -0.2) is 0 Å². The zero-order chi connectivity index (χ0) is 13.1. The molecule has 1 N–H and O–H groups in total. The lowest BCUT2D eigenvalue weighted by molar-refractivity contribution is 0.0527. The molecule has 0 saturated carbocycles. The van der Waals surface area contributed by atoms with Crippen molar-refractivity contribution in [2.75, 3.05) is 19.0 Å². The maximum absolute atomic E-state index is 5.43. The molecular formula is C15H20N2OS. The largest absolute Gasteiger partial charge is 0.381 e. The quantitative estimate of drug-likeness (QED) is 0.901. The lowest BCUT2D eigenvalue weighted by Gasteiger charge is -2.34. The Bertz CT molecular complexity index is 454. The van der Waals surface area contributed by atoms with Gasteiger partial charge in [-0.05, 0) is 25.3 Å². The van der Waals surface area contributed by atoms with Crippen LogP contribution in [0.4, 0.5) is 0 Å². The van der Waals surface area contributed by atoms with E-state index in [9.17, 15) is 0 Å². The Morgan fingerprint density at radius 3 is 2.74 bits per heavy atom. The second kappa shape index (κ2) is 5.55.